The number of hydrogen-bond donors (Lipinski definition) is 1. The van der Waals surface area contributed by atoms with Crippen LogP contribution in [0.2, 0.25) is 0 Å². The molecule has 8 heteroatoms. The van der Waals surface area contributed by atoms with E-state index in [9.17, 15) is 0 Å². The first-order chi connectivity index (χ1) is 10.9. The highest BCUT2D eigenvalue weighted by molar-refractivity contribution is 7.07. The van der Waals surface area contributed by atoms with Gasteiger partial charge >= 0.3 is 0 Å². The zero-order valence-electron chi connectivity index (χ0n) is 11.5. The monoisotopic (exact) mass is 312 g/mol. The molecule has 1 atom stereocenters. The fourth-order valence-electron chi connectivity index (χ4n) is 2.30. The molecule has 1 N–H and O–H groups in total. The first kappa shape index (κ1) is 13.1. The SMILES string of the molecule is C1=C(c2ccon2)N(Cc2cscn2)NC1c1ncccn1. The predicted molar refractivity (Wildman–Crippen MR) is 80.0 cm³/mol. The van der Waals surface area contributed by atoms with Crippen LogP contribution in [-0.4, -0.2) is 25.1 Å². The second kappa shape index (κ2) is 5.66. The zero-order chi connectivity index (χ0) is 14.8. The summed E-state index contributed by atoms with van der Waals surface area (Å²) in [7, 11) is 0. The van der Waals surface area contributed by atoms with Crippen LogP contribution in [0.3, 0.4) is 0 Å². The molecule has 0 spiro atoms. The molecule has 3 aromatic rings. The summed E-state index contributed by atoms with van der Waals surface area (Å²) in [6.07, 6.45) is 7.07. The molecular weight excluding hydrogens is 300 g/mol. The van der Waals surface area contributed by atoms with Crippen molar-refractivity contribution in [1.82, 2.24) is 30.5 Å². The van der Waals surface area contributed by atoms with E-state index in [1.165, 1.54) is 0 Å². The number of thiazole rings is 1. The highest BCUT2D eigenvalue weighted by atomic mass is 32.1. The van der Waals surface area contributed by atoms with Crippen molar-refractivity contribution in [2.45, 2.75) is 12.6 Å². The van der Waals surface area contributed by atoms with Crippen molar-refractivity contribution in [2.24, 2.45) is 0 Å². The third kappa shape index (κ3) is 2.49. The molecule has 1 aliphatic heterocycles. The molecule has 0 aromatic carbocycles. The van der Waals surface area contributed by atoms with E-state index in [2.05, 4.69) is 25.5 Å². The second-order valence-corrected chi connectivity index (χ2v) is 5.43. The largest absolute Gasteiger partial charge is 0.364 e. The van der Waals surface area contributed by atoms with Crippen molar-refractivity contribution in [2.75, 3.05) is 0 Å². The fraction of sp³-hybridized carbons (Fsp3) is 0.143. The Morgan fingerprint density at radius 3 is 2.91 bits per heavy atom. The number of nitrogens with zero attached hydrogens (tertiary/aromatic N) is 5. The van der Waals surface area contributed by atoms with E-state index in [0.29, 0.717) is 12.4 Å². The molecule has 110 valence electrons. The Bertz CT molecular complexity index is 756. The lowest BCUT2D eigenvalue weighted by atomic mass is 10.2. The molecule has 0 aliphatic carbocycles. The first-order valence-electron chi connectivity index (χ1n) is 6.70. The molecule has 0 radical (unpaired) electrons. The molecule has 7 nitrogen and oxygen atoms in total. The number of aromatic nitrogens is 4. The van der Waals surface area contributed by atoms with Crippen LogP contribution in [0.15, 0.2) is 52.3 Å². The van der Waals surface area contributed by atoms with E-state index >= 15 is 0 Å². The minimum absolute atomic E-state index is 0.105. The number of hydrazine groups is 1. The Labute approximate surface area is 130 Å². The molecule has 3 aromatic heterocycles. The van der Waals surface area contributed by atoms with Crippen LogP contribution in [0.1, 0.15) is 23.3 Å². The van der Waals surface area contributed by atoms with Gasteiger partial charge in [0.1, 0.15) is 18.0 Å². The van der Waals surface area contributed by atoms with Gasteiger partial charge in [-0.3, -0.25) is 5.01 Å². The molecule has 0 bridgehead atoms. The van der Waals surface area contributed by atoms with Gasteiger partial charge in [-0.15, -0.1) is 11.3 Å². The Hall–Kier alpha value is -2.58. The van der Waals surface area contributed by atoms with Crippen molar-refractivity contribution in [3.63, 3.8) is 0 Å². The fourth-order valence-corrected chi connectivity index (χ4v) is 2.85. The third-order valence-electron chi connectivity index (χ3n) is 3.28. The molecule has 4 heterocycles. The van der Waals surface area contributed by atoms with E-state index in [1.807, 2.05) is 28.0 Å². The van der Waals surface area contributed by atoms with Crippen LogP contribution in [-0.2, 0) is 6.54 Å². The van der Waals surface area contributed by atoms with Gasteiger partial charge in [0, 0.05) is 23.8 Å². The van der Waals surface area contributed by atoms with Gasteiger partial charge in [0.2, 0.25) is 0 Å². The summed E-state index contributed by atoms with van der Waals surface area (Å²) in [6, 6.07) is 3.52. The van der Waals surface area contributed by atoms with Crippen molar-refractivity contribution in [1.29, 1.82) is 0 Å². The van der Waals surface area contributed by atoms with Gasteiger partial charge in [0.25, 0.3) is 0 Å². The molecule has 4 rings (SSSR count). The van der Waals surface area contributed by atoms with E-state index in [1.54, 1.807) is 36.1 Å². The van der Waals surface area contributed by atoms with Crippen LogP contribution in [0.4, 0.5) is 0 Å². The minimum Gasteiger partial charge on any atom is -0.364 e. The topological polar surface area (TPSA) is 80.0 Å². The molecule has 0 amide bonds. The highest BCUT2D eigenvalue weighted by Gasteiger charge is 2.28. The molecule has 1 unspecified atom stereocenters. The summed E-state index contributed by atoms with van der Waals surface area (Å²) in [6.45, 7) is 0.630. The number of rotatable bonds is 4. The Kier molecular flexibility index (Phi) is 3.37. The summed E-state index contributed by atoms with van der Waals surface area (Å²) in [4.78, 5) is 12.9. The Morgan fingerprint density at radius 2 is 2.18 bits per heavy atom. The van der Waals surface area contributed by atoms with Crippen LogP contribution in [0, 0.1) is 0 Å². The van der Waals surface area contributed by atoms with Crippen LogP contribution in [0.5, 0.6) is 0 Å². The molecule has 0 saturated carbocycles. The van der Waals surface area contributed by atoms with Gasteiger partial charge in [-0.05, 0) is 12.1 Å². The maximum absolute atomic E-state index is 4.96. The van der Waals surface area contributed by atoms with Crippen LogP contribution < -0.4 is 5.43 Å². The average molecular weight is 312 g/mol. The minimum atomic E-state index is -0.105. The Balaban J connectivity index is 1.65. The number of nitrogens with one attached hydrogen (secondary N) is 1. The molecular formula is C14H12N6OS. The van der Waals surface area contributed by atoms with Gasteiger partial charge in [-0.1, -0.05) is 5.16 Å². The van der Waals surface area contributed by atoms with Gasteiger partial charge in [-0.2, -0.15) is 0 Å². The van der Waals surface area contributed by atoms with Gasteiger partial charge in [0.15, 0.2) is 5.82 Å². The lowest BCUT2D eigenvalue weighted by Gasteiger charge is -2.21. The quantitative estimate of drug-likeness (QED) is 0.789. The highest BCUT2D eigenvalue weighted by Crippen LogP contribution is 2.29. The summed E-state index contributed by atoms with van der Waals surface area (Å²) in [5.74, 6) is 0.712. The van der Waals surface area contributed by atoms with E-state index in [4.69, 9.17) is 4.52 Å². The predicted octanol–water partition coefficient (Wildman–Crippen LogP) is 2.02. The maximum Gasteiger partial charge on any atom is 0.150 e. The second-order valence-electron chi connectivity index (χ2n) is 4.72. The smallest absolute Gasteiger partial charge is 0.150 e. The summed E-state index contributed by atoms with van der Waals surface area (Å²) in [5.41, 5.74) is 7.89. The summed E-state index contributed by atoms with van der Waals surface area (Å²) >= 11 is 1.57. The van der Waals surface area contributed by atoms with Crippen molar-refractivity contribution in [3.8, 4) is 0 Å². The number of hydrogen-bond acceptors (Lipinski definition) is 8. The van der Waals surface area contributed by atoms with Crippen LogP contribution in [0.25, 0.3) is 5.70 Å². The maximum atomic E-state index is 4.96. The third-order valence-corrected chi connectivity index (χ3v) is 3.91. The van der Waals surface area contributed by atoms with Crippen LogP contribution >= 0.6 is 11.3 Å². The van der Waals surface area contributed by atoms with Gasteiger partial charge in [-0.25, -0.2) is 20.4 Å². The standard InChI is InChI=1S/C14H12N6OS/c1-3-15-14(16-4-1)12-6-13(11-2-5-21-19-11)20(18-12)7-10-8-22-9-17-10/h1-6,8-9,12,18H,7H2. The first-order valence-corrected chi connectivity index (χ1v) is 7.65. The van der Waals surface area contributed by atoms with E-state index in [-0.39, 0.29) is 6.04 Å². The molecule has 0 saturated heterocycles. The normalized spacial score (nSPS) is 17.7. The van der Waals surface area contributed by atoms with Crippen molar-refractivity contribution in [3.05, 3.63) is 65.0 Å². The lowest BCUT2D eigenvalue weighted by Crippen LogP contribution is -2.33. The average Bonchev–Trinajstić information content (AvgIpc) is 3.30. The van der Waals surface area contributed by atoms with Crippen molar-refractivity contribution >= 4 is 17.0 Å². The van der Waals surface area contributed by atoms with Gasteiger partial charge in [0.05, 0.1) is 23.4 Å². The van der Waals surface area contributed by atoms with E-state index in [0.717, 1.165) is 17.1 Å². The summed E-state index contributed by atoms with van der Waals surface area (Å²) < 4.78 is 4.96. The Morgan fingerprint density at radius 1 is 1.27 bits per heavy atom. The lowest BCUT2D eigenvalue weighted by molar-refractivity contribution is 0.274. The molecule has 22 heavy (non-hydrogen) atoms. The zero-order valence-corrected chi connectivity index (χ0v) is 12.3. The molecule has 0 fully saturated rings. The molecule has 1 aliphatic rings. The van der Waals surface area contributed by atoms with E-state index < -0.39 is 0 Å². The van der Waals surface area contributed by atoms with Gasteiger partial charge < -0.3 is 4.52 Å². The van der Waals surface area contributed by atoms with Crippen molar-refractivity contribution < 1.29 is 4.52 Å². The summed E-state index contributed by atoms with van der Waals surface area (Å²) in [5, 5.41) is 8.04.